The van der Waals surface area contributed by atoms with Crippen LogP contribution >= 0.6 is 0 Å². The number of nitrogens with two attached hydrogens (primary N) is 2. The van der Waals surface area contributed by atoms with E-state index in [2.05, 4.69) is 31.1 Å². The first-order valence-corrected chi connectivity index (χ1v) is 10.8. The summed E-state index contributed by atoms with van der Waals surface area (Å²) >= 11 is 0. The number of aliphatic imine (C=N–C) groups is 2. The van der Waals surface area contributed by atoms with Gasteiger partial charge in [0.1, 0.15) is 18.7 Å². The Labute approximate surface area is 199 Å². The van der Waals surface area contributed by atoms with Crippen molar-refractivity contribution in [1.82, 2.24) is 20.9 Å². The van der Waals surface area contributed by atoms with Gasteiger partial charge in [0.05, 0.1) is 12.9 Å². The number of aliphatic hydroxyl groups is 2. The van der Waals surface area contributed by atoms with E-state index in [4.69, 9.17) is 21.0 Å². The number of alkyl carbamates (subject to hydrolysis) is 1. The fourth-order valence-electron chi connectivity index (χ4n) is 4.27. The van der Waals surface area contributed by atoms with E-state index in [9.17, 15) is 19.8 Å². The number of benzene rings is 1. The normalized spacial score (nSPS) is 26.2. The standard InChI is InChI=1S/C20H27N9O6/c21-16-27-15-13(26-17(22)29-7-6-19(32,33)20(15,29)28-16)9-34-18(31)24-11-23-14(30)10-35-25-8-12-4-2-1-3-5-12/h1-5,8,13,15,32-33H,6-7,9-11H2,(H2,22,26)(H,23,30)(H,24,31)(H3,21,27,28)/t13?,15-,20?/m0/s1. The summed E-state index contributed by atoms with van der Waals surface area (Å²) in [5, 5.41) is 32.5. The quantitative estimate of drug-likeness (QED) is 0.111. The Morgan fingerprint density at radius 1 is 1.26 bits per heavy atom. The fourth-order valence-corrected chi connectivity index (χ4v) is 4.27. The maximum absolute atomic E-state index is 12.1. The molecular formula is C20H27N9O6. The summed E-state index contributed by atoms with van der Waals surface area (Å²) in [4.78, 5) is 38.8. The topological polar surface area (TPSA) is 222 Å². The smallest absolute Gasteiger partial charge is 0.408 e. The van der Waals surface area contributed by atoms with Gasteiger partial charge in [0.15, 0.2) is 24.2 Å². The zero-order chi connectivity index (χ0) is 25.1. The Morgan fingerprint density at radius 2 is 2.03 bits per heavy atom. The van der Waals surface area contributed by atoms with Crippen molar-refractivity contribution in [3.63, 3.8) is 0 Å². The maximum Gasteiger partial charge on any atom is 0.408 e. The number of hydrogen-bond donors (Lipinski definition) is 7. The van der Waals surface area contributed by atoms with E-state index in [0.717, 1.165) is 5.56 Å². The molecule has 1 aromatic rings. The molecule has 4 rings (SSSR count). The summed E-state index contributed by atoms with van der Waals surface area (Å²) in [6.07, 6.45) is 0.616. The first-order chi connectivity index (χ1) is 16.7. The van der Waals surface area contributed by atoms with Gasteiger partial charge in [-0.1, -0.05) is 35.5 Å². The number of amides is 2. The number of carbonyl (C=O) groups excluding carboxylic acids is 2. The van der Waals surface area contributed by atoms with Gasteiger partial charge in [-0.15, -0.1) is 0 Å². The van der Waals surface area contributed by atoms with E-state index in [-0.39, 0.29) is 44.8 Å². The van der Waals surface area contributed by atoms with Crippen molar-refractivity contribution in [3.8, 4) is 0 Å². The van der Waals surface area contributed by atoms with Crippen LogP contribution in [0.4, 0.5) is 4.79 Å². The predicted molar refractivity (Wildman–Crippen MR) is 123 cm³/mol. The Balaban J connectivity index is 1.22. The van der Waals surface area contributed by atoms with E-state index in [1.807, 2.05) is 30.3 Å². The maximum atomic E-state index is 12.1. The molecule has 15 heteroatoms. The van der Waals surface area contributed by atoms with Crippen molar-refractivity contribution >= 4 is 30.1 Å². The van der Waals surface area contributed by atoms with Gasteiger partial charge in [0.25, 0.3) is 5.91 Å². The highest BCUT2D eigenvalue weighted by molar-refractivity contribution is 5.87. The first kappa shape index (κ1) is 24.0. The van der Waals surface area contributed by atoms with E-state index >= 15 is 0 Å². The van der Waals surface area contributed by atoms with Crippen LogP contribution < -0.4 is 27.4 Å². The summed E-state index contributed by atoms with van der Waals surface area (Å²) in [7, 11) is 0. The van der Waals surface area contributed by atoms with Crippen LogP contribution in [0, 0.1) is 0 Å². The summed E-state index contributed by atoms with van der Waals surface area (Å²) in [5.74, 6) is -2.67. The molecule has 35 heavy (non-hydrogen) atoms. The third-order valence-electron chi connectivity index (χ3n) is 5.86. The lowest BCUT2D eigenvalue weighted by atomic mass is 9.87. The third-order valence-corrected chi connectivity index (χ3v) is 5.86. The van der Waals surface area contributed by atoms with Gasteiger partial charge in [-0.25, -0.2) is 14.8 Å². The minimum absolute atomic E-state index is 0.00763. The highest BCUT2D eigenvalue weighted by Crippen LogP contribution is 2.44. The van der Waals surface area contributed by atoms with Crippen LogP contribution in [0.5, 0.6) is 0 Å². The average Bonchev–Trinajstić information content (AvgIpc) is 3.32. The van der Waals surface area contributed by atoms with Crippen molar-refractivity contribution in [1.29, 1.82) is 0 Å². The first-order valence-electron chi connectivity index (χ1n) is 10.8. The lowest BCUT2D eigenvalue weighted by molar-refractivity contribution is -0.221. The van der Waals surface area contributed by atoms with Gasteiger partial charge in [0, 0.05) is 13.0 Å². The fraction of sp³-hybridized carbons (Fsp3) is 0.450. The average molecular weight is 489 g/mol. The second-order valence-corrected chi connectivity index (χ2v) is 8.09. The van der Waals surface area contributed by atoms with Crippen molar-refractivity contribution in [3.05, 3.63) is 35.9 Å². The van der Waals surface area contributed by atoms with Crippen molar-refractivity contribution in [2.75, 3.05) is 26.4 Å². The summed E-state index contributed by atoms with van der Waals surface area (Å²) in [5.41, 5.74) is 11.2. The molecule has 1 saturated heterocycles. The number of nitrogens with zero attached hydrogens (tertiary/aromatic N) is 4. The Bertz CT molecular complexity index is 1050. The Kier molecular flexibility index (Phi) is 6.61. The van der Waals surface area contributed by atoms with Crippen LogP contribution in [0.25, 0.3) is 0 Å². The second-order valence-electron chi connectivity index (χ2n) is 8.09. The van der Waals surface area contributed by atoms with E-state index in [1.54, 1.807) is 0 Å². The summed E-state index contributed by atoms with van der Waals surface area (Å²) < 4.78 is 5.18. The minimum Gasteiger partial charge on any atom is -0.447 e. The van der Waals surface area contributed by atoms with Crippen LogP contribution in [0.15, 0.2) is 45.5 Å². The zero-order valence-electron chi connectivity index (χ0n) is 18.6. The molecule has 0 aromatic heterocycles. The van der Waals surface area contributed by atoms with Gasteiger partial charge in [-0.2, -0.15) is 0 Å². The monoisotopic (exact) mass is 489 g/mol. The molecule has 3 aliphatic heterocycles. The lowest BCUT2D eigenvalue weighted by Crippen LogP contribution is -2.76. The molecule has 0 aliphatic carbocycles. The molecule has 1 spiro atoms. The molecule has 3 atom stereocenters. The zero-order valence-corrected chi connectivity index (χ0v) is 18.6. The van der Waals surface area contributed by atoms with Crippen molar-refractivity contribution < 1.29 is 29.4 Å². The van der Waals surface area contributed by atoms with Crippen LogP contribution in [0.1, 0.15) is 12.0 Å². The molecule has 3 aliphatic rings. The highest BCUT2D eigenvalue weighted by atomic mass is 16.6. The molecule has 0 saturated carbocycles. The SMILES string of the molecule is NC1=N[C@H]2C(COC(=O)NCNC(=O)CON=Cc3ccccc3)N=C(N)N3CCC(O)(O)C23N1. The number of rotatable bonds is 8. The number of hydrogen-bond acceptors (Lipinski definition) is 13. The molecule has 0 bridgehead atoms. The van der Waals surface area contributed by atoms with Gasteiger partial charge in [-0.05, 0) is 5.56 Å². The predicted octanol–water partition coefficient (Wildman–Crippen LogP) is -3.10. The van der Waals surface area contributed by atoms with E-state index in [0.29, 0.717) is 0 Å². The molecule has 1 aromatic carbocycles. The van der Waals surface area contributed by atoms with E-state index < -0.39 is 35.5 Å². The number of nitrogens with one attached hydrogen (secondary N) is 3. The lowest BCUT2D eigenvalue weighted by Gasteiger charge is -2.48. The molecule has 1 fully saturated rings. The van der Waals surface area contributed by atoms with Gasteiger partial charge < -0.3 is 52.1 Å². The van der Waals surface area contributed by atoms with Gasteiger partial charge in [0.2, 0.25) is 5.79 Å². The second kappa shape index (κ2) is 9.63. The number of carbonyl (C=O) groups is 2. The molecule has 2 amide bonds. The van der Waals surface area contributed by atoms with Crippen LogP contribution in [0.3, 0.4) is 0 Å². The largest absolute Gasteiger partial charge is 0.447 e. The summed E-state index contributed by atoms with van der Waals surface area (Å²) in [6.45, 7) is -0.604. The molecule has 188 valence electrons. The third kappa shape index (κ3) is 4.76. The molecule has 15 nitrogen and oxygen atoms in total. The Hall–Kier alpha value is -4.11. The molecular weight excluding hydrogens is 462 g/mol. The Morgan fingerprint density at radius 3 is 2.80 bits per heavy atom. The van der Waals surface area contributed by atoms with E-state index in [1.165, 1.54) is 11.1 Å². The van der Waals surface area contributed by atoms with Gasteiger partial charge >= 0.3 is 6.09 Å². The molecule has 2 unspecified atom stereocenters. The van der Waals surface area contributed by atoms with Gasteiger partial charge in [-0.3, -0.25) is 4.79 Å². The van der Waals surface area contributed by atoms with Crippen molar-refractivity contribution in [2.24, 2.45) is 26.6 Å². The highest BCUT2D eigenvalue weighted by Gasteiger charge is 2.69. The number of guanidine groups is 2. The van der Waals surface area contributed by atoms with Crippen molar-refractivity contribution in [2.45, 2.75) is 30.0 Å². The molecule has 3 heterocycles. The number of ether oxygens (including phenoxy) is 1. The van der Waals surface area contributed by atoms with Crippen LogP contribution in [-0.2, 0) is 14.4 Å². The molecule has 0 radical (unpaired) electrons. The number of oxime groups is 1. The van der Waals surface area contributed by atoms with Crippen LogP contribution in [-0.4, -0.2) is 95.2 Å². The molecule has 9 N–H and O–H groups in total. The summed E-state index contributed by atoms with van der Waals surface area (Å²) in [6, 6.07) is 7.51. The van der Waals surface area contributed by atoms with Crippen LogP contribution in [0.2, 0.25) is 0 Å². The minimum atomic E-state index is -2.19.